The maximum absolute atomic E-state index is 10.6. The van der Waals surface area contributed by atoms with Crippen molar-refractivity contribution in [3.05, 3.63) is 33.3 Å². The number of hydrogen-bond donors (Lipinski definition) is 0. The second kappa shape index (κ2) is 9.82. The summed E-state index contributed by atoms with van der Waals surface area (Å²) in [4.78, 5) is 15.2. The molecular formula is C20H31NOS. The fraction of sp³-hybridized carbons (Fsp3) is 0.600. The fourth-order valence-corrected chi connectivity index (χ4v) is 3.24. The van der Waals surface area contributed by atoms with Gasteiger partial charge in [0.1, 0.15) is 6.29 Å². The maximum Gasteiger partial charge on any atom is 0.122 e. The highest BCUT2D eigenvalue weighted by Crippen LogP contribution is 2.25. The van der Waals surface area contributed by atoms with E-state index in [0.29, 0.717) is 11.8 Å². The Morgan fingerprint density at radius 3 is 2.57 bits per heavy atom. The van der Waals surface area contributed by atoms with E-state index in [0.717, 1.165) is 36.3 Å². The molecule has 0 spiro atoms. The van der Waals surface area contributed by atoms with Crippen LogP contribution in [0.5, 0.6) is 0 Å². The third kappa shape index (κ3) is 7.26. The third-order valence-electron chi connectivity index (χ3n) is 4.53. The minimum Gasteiger partial charge on any atom is -0.303 e. The van der Waals surface area contributed by atoms with E-state index in [-0.39, 0.29) is 5.92 Å². The molecule has 0 bridgehead atoms. The molecule has 0 aliphatic rings. The number of carbonyl (C=O) groups is 1. The first-order valence-corrected chi connectivity index (χ1v) is 9.44. The summed E-state index contributed by atoms with van der Waals surface area (Å²) >= 11 is 1.70. The van der Waals surface area contributed by atoms with E-state index >= 15 is 0 Å². The number of carbonyl (C=O) groups excluding carboxylic acids is 1. The monoisotopic (exact) mass is 333 g/mol. The maximum atomic E-state index is 10.6. The van der Waals surface area contributed by atoms with Gasteiger partial charge < -0.3 is 4.79 Å². The number of rotatable bonds is 9. The summed E-state index contributed by atoms with van der Waals surface area (Å²) in [6.45, 7) is 13.0. The van der Waals surface area contributed by atoms with Crippen molar-refractivity contribution in [2.75, 3.05) is 0 Å². The Kier molecular flexibility index (Phi) is 8.46. The van der Waals surface area contributed by atoms with Gasteiger partial charge in [-0.1, -0.05) is 38.0 Å². The predicted octanol–water partition coefficient (Wildman–Crippen LogP) is 6.08. The lowest BCUT2D eigenvalue weighted by Crippen LogP contribution is -2.07. The van der Waals surface area contributed by atoms with Gasteiger partial charge in [-0.05, 0) is 57.9 Å². The van der Waals surface area contributed by atoms with Crippen molar-refractivity contribution in [2.45, 2.75) is 60.8 Å². The zero-order chi connectivity index (χ0) is 17.4. The molecule has 0 radical (unpaired) electrons. The van der Waals surface area contributed by atoms with Gasteiger partial charge in [0.15, 0.2) is 0 Å². The second-order valence-electron chi connectivity index (χ2n) is 6.85. The Morgan fingerprint density at radius 2 is 2.00 bits per heavy atom. The summed E-state index contributed by atoms with van der Waals surface area (Å²) in [5.74, 6) is 1.20. The molecular weight excluding hydrogens is 302 g/mol. The molecule has 128 valence electrons. The highest BCUT2D eigenvalue weighted by molar-refractivity contribution is 7.09. The van der Waals surface area contributed by atoms with Gasteiger partial charge in [0.2, 0.25) is 0 Å². The summed E-state index contributed by atoms with van der Waals surface area (Å²) < 4.78 is 0. The van der Waals surface area contributed by atoms with Gasteiger partial charge in [-0.25, -0.2) is 4.98 Å². The van der Waals surface area contributed by atoms with Crippen LogP contribution in [0.3, 0.4) is 0 Å². The van der Waals surface area contributed by atoms with Crippen molar-refractivity contribution in [3.8, 4) is 0 Å². The van der Waals surface area contributed by atoms with Crippen molar-refractivity contribution in [3.63, 3.8) is 0 Å². The number of nitrogens with zero attached hydrogens (tertiary/aromatic N) is 1. The number of aldehydes is 1. The largest absolute Gasteiger partial charge is 0.303 e. The van der Waals surface area contributed by atoms with E-state index in [9.17, 15) is 4.79 Å². The Balaban J connectivity index is 2.57. The van der Waals surface area contributed by atoms with Gasteiger partial charge in [-0.2, -0.15) is 0 Å². The van der Waals surface area contributed by atoms with Gasteiger partial charge in [0.25, 0.3) is 0 Å². The summed E-state index contributed by atoms with van der Waals surface area (Å²) in [6, 6.07) is 0. The minimum atomic E-state index is 0.186. The highest BCUT2D eigenvalue weighted by atomic mass is 32.1. The summed E-state index contributed by atoms with van der Waals surface area (Å²) in [7, 11) is 0. The Hall–Kier alpha value is -1.22. The van der Waals surface area contributed by atoms with Gasteiger partial charge in [-0.15, -0.1) is 11.3 Å². The Bertz CT molecular complexity index is 556. The molecule has 0 aliphatic heterocycles. The first-order valence-electron chi connectivity index (χ1n) is 8.56. The zero-order valence-electron chi connectivity index (χ0n) is 15.4. The first-order chi connectivity index (χ1) is 10.8. The van der Waals surface area contributed by atoms with Gasteiger partial charge in [0, 0.05) is 11.3 Å². The molecule has 0 saturated carbocycles. The molecule has 1 rings (SSSR count). The summed E-state index contributed by atoms with van der Waals surface area (Å²) in [6.07, 6.45) is 8.82. The lowest BCUT2D eigenvalue weighted by molar-refractivity contribution is -0.110. The van der Waals surface area contributed by atoms with Crippen LogP contribution in [0.15, 0.2) is 22.6 Å². The molecule has 0 amide bonds. The van der Waals surface area contributed by atoms with Crippen LogP contribution in [0.1, 0.15) is 64.6 Å². The van der Waals surface area contributed by atoms with Crippen molar-refractivity contribution >= 4 is 23.7 Å². The van der Waals surface area contributed by atoms with E-state index in [2.05, 4.69) is 50.2 Å². The second-order valence-corrected chi connectivity index (χ2v) is 7.91. The quantitative estimate of drug-likeness (QED) is 0.405. The lowest BCUT2D eigenvalue weighted by atomic mass is 9.87. The van der Waals surface area contributed by atoms with Crippen LogP contribution in [0, 0.1) is 24.7 Å². The molecule has 1 heterocycles. The molecule has 3 atom stereocenters. The van der Waals surface area contributed by atoms with E-state index in [1.807, 2.05) is 13.8 Å². The van der Waals surface area contributed by atoms with Crippen molar-refractivity contribution < 1.29 is 4.79 Å². The average molecular weight is 334 g/mol. The topological polar surface area (TPSA) is 30.0 Å². The molecule has 0 aromatic carbocycles. The molecule has 3 heteroatoms. The molecule has 1 aromatic rings. The number of hydrogen-bond acceptors (Lipinski definition) is 3. The SMILES string of the molecule is C/C(=C\C(C)C(C)/C(C)=C/c1csc(C)n1)CCCC(C)C=O. The predicted molar refractivity (Wildman–Crippen MR) is 102 cm³/mol. The number of aromatic nitrogens is 1. The Morgan fingerprint density at radius 1 is 1.30 bits per heavy atom. The minimum absolute atomic E-state index is 0.186. The Labute approximate surface area is 145 Å². The summed E-state index contributed by atoms with van der Waals surface area (Å²) in [5, 5.41) is 3.23. The highest BCUT2D eigenvalue weighted by Gasteiger charge is 2.12. The molecule has 0 aliphatic carbocycles. The molecule has 0 saturated heterocycles. The zero-order valence-corrected chi connectivity index (χ0v) is 16.2. The summed E-state index contributed by atoms with van der Waals surface area (Å²) in [5.41, 5.74) is 3.88. The molecule has 23 heavy (non-hydrogen) atoms. The van der Waals surface area contributed by atoms with E-state index in [4.69, 9.17) is 0 Å². The van der Waals surface area contributed by atoms with E-state index in [1.54, 1.807) is 11.3 Å². The van der Waals surface area contributed by atoms with E-state index < -0.39 is 0 Å². The average Bonchev–Trinajstić information content (AvgIpc) is 2.90. The number of allylic oxidation sites excluding steroid dienone is 3. The third-order valence-corrected chi connectivity index (χ3v) is 5.32. The fourth-order valence-electron chi connectivity index (χ4n) is 2.67. The van der Waals surface area contributed by atoms with Crippen LogP contribution in [0.2, 0.25) is 0 Å². The van der Waals surface area contributed by atoms with Crippen molar-refractivity contribution in [1.29, 1.82) is 0 Å². The number of aryl methyl sites for hydroxylation is 1. The van der Waals surface area contributed by atoms with Crippen LogP contribution in [0.4, 0.5) is 0 Å². The smallest absolute Gasteiger partial charge is 0.122 e. The van der Waals surface area contributed by atoms with Crippen LogP contribution < -0.4 is 0 Å². The molecule has 0 fully saturated rings. The normalized spacial score (nSPS) is 17.0. The molecule has 1 aromatic heterocycles. The van der Waals surface area contributed by atoms with Crippen LogP contribution >= 0.6 is 11.3 Å². The van der Waals surface area contributed by atoms with Crippen LogP contribution in [0.25, 0.3) is 6.08 Å². The molecule has 0 N–H and O–H groups in total. The van der Waals surface area contributed by atoms with Crippen LogP contribution in [-0.2, 0) is 4.79 Å². The molecule has 2 nitrogen and oxygen atoms in total. The van der Waals surface area contributed by atoms with Gasteiger partial charge >= 0.3 is 0 Å². The van der Waals surface area contributed by atoms with Crippen LogP contribution in [-0.4, -0.2) is 11.3 Å². The number of thiazole rings is 1. The van der Waals surface area contributed by atoms with E-state index in [1.165, 1.54) is 11.1 Å². The van der Waals surface area contributed by atoms with Crippen molar-refractivity contribution in [2.24, 2.45) is 17.8 Å². The molecule has 3 unspecified atom stereocenters. The standard InChI is InChI=1S/C20H31NOS/c1-14(8-7-9-15(2)12-22)10-16(3)18(5)17(4)11-20-13-23-19(6)21-20/h10-13,15-16,18H,7-9H2,1-6H3/b14-10+,17-11+. The van der Waals surface area contributed by atoms with Gasteiger partial charge in [-0.3, -0.25) is 0 Å². The first kappa shape index (κ1) is 19.8. The lowest BCUT2D eigenvalue weighted by Gasteiger charge is -2.19. The van der Waals surface area contributed by atoms with Gasteiger partial charge in [0.05, 0.1) is 10.7 Å². The van der Waals surface area contributed by atoms with Crippen molar-refractivity contribution in [1.82, 2.24) is 4.98 Å².